The fraction of sp³-hybridized carbons (Fsp3) is 0.100. The highest BCUT2D eigenvalue weighted by molar-refractivity contribution is 6.19. The molecule has 4 rings (SSSR count). The summed E-state index contributed by atoms with van der Waals surface area (Å²) in [6.07, 6.45) is 0.439. The molecule has 0 N–H and O–H groups in total. The first kappa shape index (κ1) is 12.8. The van der Waals surface area contributed by atoms with Gasteiger partial charge in [-0.1, -0.05) is 42.5 Å². The van der Waals surface area contributed by atoms with E-state index < -0.39 is 0 Å². The number of ketones is 1. The van der Waals surface area contributed by atoms with E-state index in [1.165, 1.54) is 0 Å². The highest BCUT2D eigenvalue weighted by Crippen LogP contribution is 2.39. The standard InChI is InChI=1S/C20H13NO/c1-12-4-2-3-5-15(12)16-8-9-17-18(22)10-13-6-7-14(11-21)20(16)19(13)17/h2-9H,10H2,1H3. The molecule has 0 fully saturated rings. The number of Topliss-reactive ketones (excluding diaryl/α,β-unsaturated/α-hetero) is 1. The molecule has 0 spiro atoms. The Morgan fingerprint density at radius 2 is 1.68 bits per heavy atom. The number of carbonyl (C=O) groups excluding carboxylic acids is 1. The minimum absolute atomic E-state index is 0.145. The van der Waals surface area contributed by atoms with Crippen LogP contribution in [0.3, 0.4) is 0 Å². The Balaban J connectivity index is 2.20. The van der Waals surface area contributed by atoms with E-state index in [-0.39, 0.29) is 5.78 Å². The Labute approximate surface area is 128 Å². The fourth-order valence-electron chi connectivity index (χ4n) is 3.41. The van der Waals surface area contributed by atoms with Gasteiger partial charge in [0, 0.05) is 17.4 Å². The van der Waals surface area contributed by atoms with E-state index >= 15 is 0 Å². The normalized spacial score (nSPS) is 12.6. The molecule has 0 saturated heterocycles. The quantitative estimate of drug-likeness (QED) is 0.663. The van der Waals surface area contributed by atoms with Crippen molar-refractivity contribution in [3.8, 4) is 17.2 Å². The second kappa shape index (κ2) is 4.54. The monoisotopic (exact) mass is 283 g/mol. The molecule has 0 heterocycles. The first-order chi connectivity index (χ1) is 10.7. The molecule has 0 aliphatic heterocycles. The number of rotatable bonds is 1. The summed E-state index contributed by atoms with van der Waals surface area (Å²) >= 11 is 0. The van der Waals surface area contributed by atoms with Crippen LogP contribution in [0.1, 0.15) is 27.0 Å². The number of carbonyl (C=O) groups is 1. The molecule has 0 amide bonds. The Kier molecular flexibility index (Phi) is 2.64. The predicted octanol–water partition coefficient (Wildman–Crippen LogP) is 4.43. The van der Waals surface area contributed by atoms with Crippen LogP contribution in [0, 0.1) is 18.3 Å². The molecule has 2 nitrogen and oxygen atoms in total. The van der Waals surface area contributed by atoms with Gasteiger partial charge in [-0.2, -0.15) is 5.26 Å². The average Bonchev–Trinajstić information content (AvgIpc) is 2.86. The summed E-state index contributed by atoms with van der Waals surface area (Å²) in [5, 5.41) is 11.4. The lowest BCUT2D eigenvalue weighted by molar-refractivity contribution is 0.1000. The van der Waals surface area contributed by atoms with E-state index in [0.717, 1.165) is 38.6 Å². The van der Waals surface area contributed by atoms with E-state index in [9.17, 15) is 10.1 Å². The molecule has 2 heteroatoms. The van der Waals surface area contributed by atoms with Crippen LogP contribution in [0.4, 0.5) is 0 Å². The van der Waals surface area contributed by atoms with Crippen molar-refractivity contribution in [3.05, 3.63) is 70.8 Å². The Morgan fingerprint density at radius 3 is 2.45 bits per heavy atom. The van der Waals surface area contributed by atoms with Crippen molar-refractivity contribution in [2.24, 2.45) is 0 Å². The maximum atomic E-state index is 12.2. The van der Waals surface area contributed by atoms with Crippen LogP contribution < -0.4 is 0 Å². The van der Waals surface area contributed by atoms with Crippen LogP contribution in [0.25, 0.3) is 21.9 Å². The van der Waals surface area contributed by atoms with E-state index in [0.29, 0.717) is 12.0 Å². The average molecular weight is 283 g/mol. The number of nitriles is 1. The van der Waals surface area contributed by atoms with Crippen LogP contribution in [-0.4, -0.2) is 5.78 Å². The van der Waals surface area contributed by atoms with E-state index in [1.54, 1.807) is 0 Å². The van der Waals surface area contributed by atoms with Crippen molar-refractivity contribution in [3.63, 3.8) is 0 Å². The Bertz CT molecular complexity index is 992. The van der Waals surface area contributed by atoms with Gasteiger partial charge >= 0.3 is 0 Å². The predicted molar refractivity (Wildman–Crippen MR) is 86.9 cm³/mol. The molecule has 104 valence electrons. The van der Waals surface area contributed by atoms with Crippen LogP contribution in [0.5, 0.6) is 0 Å². The highest BCUT2D eigenvalue weighted by Gasteiger charge is 2.25. The van der Waals surface area contributed by atoms with E-state index in [1.807, 2.05) is 36.4 Å². The van der Waals surface area contributed by atoms with Gasteiger partial charge in [0.15, 0.2) is 5.78 Å². The van der Waals surface area contributed by atoms with Gasteiger partial charge in [-0.3, -0.25) is 4.79 Å². The van der Waals surface area contributed by atoms with Gasteiger partial charge in [0.25, 0.3) is 0 Å². The van der Waals surface area contributed by atoms with Crippen molar-refractivity contribution < 1.29 is 4.79 Å². The summed E-state index contributed by atoms with van der Waals surface area (Å²) in [5.74, 6) is 0.145. The first-order valence-corrected chi connectivity index (χ1v) is 7.28. The van der Waals surface area contributed by atoms with Gasteiger partial charge in [-0.15, -0.1) is 0 Å². The molecule has 0 saturated carbocycles. The molecule has 0 bridgehead atoms. The minimum Gasteiger partial charge on any atom is -0.294 e. The number of nitrogens with zero attached hydrogens (tertiary/aromatic N) is 1. The summed E-state index contributed by atoms with van der Waals surface area (Å²) < 4.78 is 0. The lowest BCUT2D eigenvalue weighted by Gasteiger charge is -2.12. The second-order valence-electron chi connectivity index (χ2n) is 5.71. The molecule has 1 aliphatic rings. The maximum absolute atomic E-state index is 12.2. The van der Waals surface area contributed by atoms with E-state index in [2.05, 4.69) is 25.1 Å². The van der Waals surface area contributed by atoms with Crippen molar-refractivity contribution in [1.82, 2.24) is 0 Å². The number of hydrogen-bond acceptors (Lipinski definition) is 2. The third kappa shape index (κ3) is 1.63. The van der Waals surface area contributed by atoms with Crippen molar-refractivity contribution >= 4 is 16.6 Å². The van der Waals surface area contributed by atoms with Crippen LogP contribution in [0.2, 0.25) is 0 Å². The van der Waals surface area contributed by atoms with Crippen LogP contribution in [0.15, 0.2) is 48.5 Å². The van der Waals surface area contributed by atoms with Gasteiger partial charge in [0.05, 0.1) is 11.6 Å². The maximum Gasteiger partial charge on any atom is 0.167 e. The van der Waals surface area contributed by atoms with Gasteiger partial charge in [-0.25, -0.2) is 0 Å². The van der Waals surface area contributed by atoms with Gasteiger partial charge in [0.2, 0.25) is 0 Å². The summed E-state index contributed by atoms with van der Waals surface area (Å²) in [6.45, 7) is 2.07. The summed E-state index contributed by atoms with van der Waals surface area (Å²) in [4.78, 5) is 12.2. The van der Waals surface area contributed by atoms with Gasteiger partial charge < -0.3 is 0 Å². The fourth-order valence-corrected chi connectivity index (χ4v) is 3.41. The third-order valence-electron chi connectivity index (χ3n) is 4.45. The highest BCUT2D eigenvalue weighted by atomic mass is 16.1. The molecule has 22 heavy (non-hydrogen) atoms. The van der Waals surface area contributed by atoms with Crippen LogP contribution >= 0.6 is 0 Å². The van der Waals surface area contributed by atoms with Crippen molar-refractivity contribution in [1.29, 1.82) is 5.26 Å². The molecule has 1 aliphatic carbocycles. The van der Waals surface area contributed by atoms with Gasteiger partial charge in [-0.05, 0) is 40.6 Å². The Morgan fingerprint density at radius 1 is 0.909 bits per heavy atom. The number of benzene rings is 3. The van der Waals surface area contributed by atoms with Crippen molar-refractivity contribution in [2.45, 2.75) is 13.3 Å². The summed E-state index contributed by atoms with van der Waals surface area (Å²) in [7, 11) is 0. The van der Waals surface area contributed by atoms with Crippen molar-refractivity contribution in [2.75, 3.05) is 0 Å². The first-order valence-electron chi connectivity index (χ1n) is 7.28. The zero-order valence-corrected chi connectivity index (χ0v) is 12.2. The summed E-state index contributed by atoms with van der Waals surface area (Å²) in [6, 6.07) is 18.1. The second-order valence-corrected chi connectivity index (χ2v) is 5.71. The molecule has 0 radical (unpaired) electrons. The number of aryl methyl sites for hydroxylation is 1. The molecular weight excluding hydrogens is 270 g/mol. The minimum atomic E-state index is 0.145. The number of hydrogen-bond donors (Lipinski definition) is 0. The SMILES string of the molecule is Cc1ccccc1-c1ccc2c3c(ccc(C#N)c13)CC2=O. The largest absolute Gasteiger partial charge is 0.294 e. The summed E-state index contributed by atoms with van der Waals surface area (Å²) in [5.41, 5.74) is 5.72. The molecule has 0 aromatic heterocycles. The smallest absolute Gasteiger partial charge is 0.167 e. The lowest BCUT2D eigenvalue weighted by Crippen LogP contribution is -1.94. The zero-order valence-electron chi connectivity index (χ0n) is 12.2. The lowest BCUT2D eigenvalue weighted by atomic mass is 9.90. The third-order valence-corrected chi connectivity index (χ3v) is 4.45. The molecule has 0 atom stereocenters. The zero-order chi connectivity index (χ0) is 15.3. The molecule has 3 aromatic rings. The van der Waals surface area contributed by atoms with E-state index in [4.69, 9.17) is 0 Å². The topological polar surface area (TPSA) is 40.9 Å². The molecular formula is C20H13NO. The molecule has 0 unspecified atom stereocenters. The van der Waals surface area contributed by atoms with Crippen LogP contribution in [-0.2, 0) is 6.42 Å². The van der Waals surface area contributed by atoms with Gasteiger partial charge in [0.1, 0.15) is 0 Å². The molecule has 3 aromatic carbocycles. The Hall–Kier alpha value is -2.92.